The molecule has 5 heteroatoms. The second-order valence-electron chi connectivity index (χ2n) is 5.63. The summed E-state index contributed by atoms with van der Waals surface area (Å²) >= 11 is 0. The molecule has 112 valence electrons. The molecule has 1 atom stereocenters. The first-order valence-electron chi connectivity index (χ1n) is 7.53. The lowest BCUT2D eigenvalue weighted by molar-refractivity contribution is 0.195. The van der Waals surface area contributed by atoms with Crippen LogP contribution >= 0.6 is 0 Å². The highest BCUT2D eigenvalue weighted by atomic mass is 16.5. The Bertz CT molecular complexity index is 590. The summed E-state index contributed by atoms with van der Waals surface area (Å²) in [6.45, 7) is 3.23. The van der Waals surface area contributed by atoms with Gasteiger partial charge >= 0.3 is 0 Å². The minimum absolute atomic E-state index is 0.320. The van der Waals surface area contributed by atoms with Crippen LogP contribution in [0.15, 0.2) is 24.3 Å². The number of fused-ring (bicyclic) bond motifs is 1. The van der Waals surface area contributed by atoms with Crippen LogP contribution in [-0.2, 0) is 26.0 Å². The van der Waals surface area contributed by atoms with Crippen LogP contribution in [0.3, 0.4) is 0 Å². The van der Waals surface area contributed by atoms with Crippen molar-refractivity contribution in [3.05, 3.63) is 41.5 Å². The first-order chi connectivity index (χ1) is 10.2. The second kappa shape index (κ2) is 6.26. The molecule has 2 heterocycles. The molecule has 1 aliphatic heterocycles. The number of aromatic nitrogens is 3. The smallest absolute Gasteiger partial charge is 0.171 e. The number of aliphatic hydroxyl groups is 1. The Morgan fingerprint density at radius 3 is 2.81 bits per heavy atom. The molecule has 1 aromatic heterocycles. The molecule has 1 N–H and O–H groups in total. The average Bonchev–Trinajstić information content (AvgIpc) is 2.89. The van der Waals surface area contributed by atoms with Gasteiger partial charge in [0.15, 0.2) is 5.82 Å². The predicted octanol–water partition coefficient (Wildman–Crippen LogP) is 2.12. The van der Waals surface area contributed by atoms with Crippen LogP contribution in [-0.4, -0.2) is 26.0 Å². The fourth-order valence-electron chi connectivity index (χ4n) is 2.69. The van der Waals surface area contributed by atoms with E-state index in [2.05, 4.69) is 14.8 Å². The van der Waals surface area contributed by atoms with E-state index in [1.807, 2.05) is 24.3 Å². The molecule has 1 unspecified atom stereocenters. The third-order valence-electron chi connectivity index (χ3n) is 3.76. The third kappa shape index (κ3) is 3.42. The summed E-state index contributed by atoms with van der Waals surface area (Å²) < 4.78 is 7.96. The number of aryl methyl sites for hydroxylation is 1. The summed E-state index contributed by atoms with van der Waals surface area (Å²) in [7, 11) is 0. The predicted molar refractivity (Wildman–Crippen MR) is 79.1 cm³/mol. The molecule has 0 saturated heterocycles. The molecule has 0 saturated carbocycles. The first kappa shape index (κ1) is 14.1. The number of ether oxygens (including phenoxy) is 1. The van der Waals surface area contributed by atoms with Crippen molar-refractivity contribution in [1.29, 1.82) is 0 Å². The topological polar surface area (TPSA) is 60.2 Å². The van der Waals surface area contributed by atoms with Crippen molar-refractivity contribution in [3.63, 3.8) is 0 Å². The zero-order valence-corrected chi connectivity index (χ0v) is 12.3. The van der Waals surface area contributed by atoms with Crippen LogP contribution in [0.4, 0.5) is 0 Å². The quantitative estimate of drug-likeness (QED) is 0.915. The minimum atomic E-state index is -0.320. The Morgan fingerprint density at radius 1 is 1.24 bits per heavy atom. The molecule has 0 bridgehead atoms. The van der Waals surface area contributed by atoms with Crippen LogP contribution in [0.5, 0.6) is 5.75 Å². The minimum Gasteiger partial charge on any atom is -0.486 e. The van der Waals surface area contributed by atoms with Gasteiger partial charge in [-0.25, -0.2) is 0 Å². The molecule has 1 aliphatic rings. The number of nitrogens with zero attached hydrogens (tertiary/aromatic N) is 3. The van der Waals surface area contributed by atoms with Gasteiger partial charge < -0.3 is 14.4 Å². The Kier molecular flexibility index (Phi) is 4.20. The van der Waals surface area contributed by atoms with Gasteiger partial charge in [0.2, 0.25) is 0 Å². The standard InChI is InChI=1S/C16H21N3O2/c1-12(20)10-13-5-7-14(8-6-13)21-11-16-18-17-15-4-2-3-9-19(15)16/h5-8,12,20H,2-4,9-11H2,1H3. The Labute approximate surface area is 124 Å². The molecule has 21 heavy (non-hydrogen) atoms. The van der Waals surface area contributed by atoms with E-state index >= 15 is 0 Å². The van der Waals surface area contributed by atoms with Crippen molar-refractivity contribution in [2.75, 3.05) is 0 Å². The molecule has 0 fully saturated rings. The maximum absolute atomic E-state index is 9.37. The lowest BCUT2D eigenvalue weighted by atomic mass is 10.1. The van der Waals surface area contributed by atoms with Gasteiger partial charge in [-0.15, -0.1) is 10.2 Å². The molecule has 0 spiro atoms. The second-order valence-corrected chi connectivity index (χ2v) is 5.63. The van der Waals surface area contributed by atoms with Gasteiger partial charge in [0.05, 0.1) is 6.10 Å². The highest BCUT2D eigenvalue weighted by molar-refractivity contribution is 5.27. The molecular formula is C16H21N3O2. The normalized spacial score (nSPS) is 15.5. The highest BCUT2D eigenvalue weighted by Crippen LogP contribution is 2.17. The largest absolute Gasteiger partial charge is 0.486 e. The van der Waals surface area contributed by atoms with E-state index < -0.39 is 0 Å². The number of rotatable bonds is 5. The van der Waals surface area contributed by atoms with Crippen LogP contribution < -0.4 is 4.74 Å². The van der Waals surface area contributed by atoms with Crippen LogP contribution in [0.1, 0.15) is 37.0 Å². The molecule has 2 aromatic rings. The van der Waals surface area contributed by atoms with Gasteiger partial charge in [0.1, 0.15) is 18.2 Å². The molecule has 0 aliphatic carbocycles. The van der Waals surface area contributed by atoms with Crippen molar-refractivity contribution >= 4 is 0 Å². The van der Waals surface area contributed by atoms with Crippen molar-refractivity contribution in [2.45, 2.75) is 51.9 Å². The summed E-state index contributed by atoms with van der Waals surface area (Å²) in [4.78, 5) is 0. The van der Waals surface area contributed by atoms with Gasteiger partial charge in [-0.05, 0) is 43.9 Å². The Balaban J connectivity index is 1.61. The van der Waals surface area contributed by atoms with Crippen molar-refractivity contribution in [2.24, 2.45) is 0 Å². The van der Waals surface area contributed by atoms with Crippen molar-refractivity contribution in [3.8, 4) is 5.75 Å². The number of aliphatic hydroxyl groups excluding tert-OH is 1. The summed E-state index contributed by atoms with van der Waals surface area (Å²) in [6.07, 6.45) is 3.74. The molecule has 5 nitrogen and oxygen atoms in total. The Hall–Kier alpha value is -1.88. The summed E-state index contributed by atoms with van der Waals surface area (Å²) in [5.41, 5.74) is 1.11. The molecule has 3 rings (SSSR count). The molecular weight excluding hydrogens is 266 g/mol. The van der Waals surface area contributed by atoms with Gasteiger partial charge in [-0.3, -0.25) is 0 Å². The van der Waals surface area contributed by atoms with E-state index in [0.29, 0.717) is 13.0 Å². The first-order valence-corrected chi connectivity index (χ1v) is 7.53. The number of hydrogen-bond acceptors (Lipinski definition) is 4. The summed E-state index contributed by atoms with van der Waals surface area (Å²) in [5.74, 6) is 2.79. The fourth-order valence-corrected chi connectivity index (χ4v) is 2.69. The Morgan fingerprint density at radius 2 is 2.05 bits per heavy atom. The third-order valence-corrected chi connectivity index (χ3v) is 3.76. The molecule has 1 aromatic carbocycles. The van der Waals surface area contributed by atoms with E-state index in [1.165, 1.54) is 12.8 Å². The summed E-state index contributed by atoms with van der Waals surface area (Å²) in [6, 6.07) is 7.85. The maximum atomic E-state index is 9.37. The molecule has 0 radical (unpaired) electrons. The van der Waals surface area contributed by atoms with Crippen LogP contribution in [0, 0.1) is 0 Å². The number of benzene rings is 1. The van der Waals surface area contributed by atoms with Gasteiger partial charge in [0.25, 0.3) is 0 Å². The van der Waals surface area contributed by atoms with E-state index in [4.69, 9.17) is 4.74 Å². The van der Waals surface area contributed by atoms with E-state index in [0.717, 1.165) is 35.9 Å². The fraction of sp³-hybridized carbons (Fsp3) is 0.500. The van der Waals surface area contributed by atoms with Crippen LogP contribution in [0.2, 0.25) is 0 Å². The maximum Gasteiger partial charge on any atom is 0.171 e. The monoisotopic (exact) mass is 287 g/mol. The lowest BCUT2D eigenvalue weighted by Crippen LogP contribution is -2.14. The zero-order valence-electron chi connectivity index (χ0n) is 12.3. The van der Waals surface area contributed by atoms with Crippen molar-refractivity contribution in [1.82, 2.24) is 14.8 Å². The van der Waals surface area contributed by atoms with E-state index in [9.17, 15) is 5.11 Å². The van der Waals surface area contributed by atoms with Crippen LogP contribution in [0.25, 0.3) is 0 Å². The van der Waals surface area contributed by atoms with Crippen molar-refractivity contribution < 1.29 is 9.84 Å². The lowest BCUT2D eigenvalue weighted by Gasteiger charge is -2.15. The van der Waals surface area contributed by atoms with E-state index in [-0.39, 0.29) is 6.10 Å². The van der Waals surface area contributed by atoms with Gasteiger partial charge in [0, 0.05) is 13.0 Å². The highest BCUT2D eigenvalue weighted by Gasteiger charge is 2.15. The molecule has 0 amide bonds. The summed E-state index contributed by atoms with van der Waals surface area (Å²) in [5, 5.41) is 17.8. The van der Waals surface area contributed by atoms with E-state index in [1.54, 1.807) is 6.92 Å². The van der Waals surface area contributed by atoms with Gasteiger partial charge in [-0.1, -0.05) is 12.1 Å². The number of hydrogen-bond donors (Lipinski definition) is 1. The average molecular weight is 287 g/mol. The zero-order chi connectivity index (χ0) is 14.7. The van der Waals surface area contributed by atoms with Gasteiger partial charge in [-0.2, -0.15) is 0 Å². The SMILES string of the molecule is CC(O)Cc1ccc(OCc2nnc3n2CCCC3)cc1.